The van der Waals surface area contributed by atoms with Crippen molar-refractivity contribution in [1.82, 2.24) is 14.5 Å². The van der Waals surface area contributed by atoms with Crippen LogP contribution in [-0.2, 0) is 18.5 Å². The molecule has 0 spiro atoms. The number of alkyl halides is 9. The second-order valence-corrected chi connectivity index (χ2v) is 14.4. The van der Waals surface area contributed by atoms with Gasteiger partial charge >= 0.3 is 18.5 Å². The molecule has 0 aliphatic rings. The molecule has 0 amide bonds. The van der Waals surface area contributed by atoms with Crippen molar-refractivity contribution in [3.05, 3.63) is 187 Å². The summed E-state index contributed by atoms with van der Waals surface area (Å²) in [6, 6.07) is 41.9. The van der Waals surface area contributed by atoms with Gasteiger partial charge < -0.3 is 4.57 Å². The van der Waals surface area contributed by atoms with Crippen LogP contribution in [0.4, 0.5) is 39.5 Å². The van der Waals surface area contributed by atoms with Crippen LogP contribution in [0.2, 0.25) is 0 Å². The zero-order valence-corrected chi connectivity index (χ0v) is 31.4. The Hall–Kier alpha value is -7.21. The third kappa shape index (κ3) is 7.50. The fourth-order valence-corrected chi connectivity index (χ4v) is 7.65. The van der Waals surface area contributed by atoms with Gasteiger partial charge in [0.1, 0.15) is 0 Å². The highest BCUT2D eigenvalue weighted by Gasteiger charge is 2.34. The predicted octanol–water partition coefficient (Wildman–Crippen LogP) is 15.0. The fraction of sp³-hybridized carbons (Fsp3) is 0.0612. The molecule has 12 heteroatoms. The van der Waals surface area contributed by atoms with E-state index >= 15 is 0 Å². The van der Waals surface area contributed by atoms with Crippen molar-refractivity contribution in [2.24, 2.45) is 0 Å². The normalized spacial score (nSPS) is 12.3. The number of fused-ring (bicyclic) bond motifs is 3. The quantitative estimate of drug-likeness (QED) is 0.156. The van der Waals surface area contributed by atoms with Gasteiger partial charge in [0.05, 0.1) is 44.8 Å². The highest BCUT2D eigenvalue weighted by molar-refractivity contribution is 6.11. The molecule has 0 saturated carbocycles. The minimum Gasteiger partial charge on any atom is -0.308 e. The molecule has 0 unspecified atom stereocenters. The zero-order chi connectivity index (χ0) is 42.7. The lowest BCUT2D eigenvalue weighted by Crippen LogP contribution is -2.07. The summed E-state index contributed by atoms with van der Waals surface area (Å²) >= 11 is 0. The van der Waals surface area contributed by atoms with Crippen LogP contribution < -0.4 is 0 Å². The maximum Gasteiger partial charge on any atom is 0.416 e. The van der Waals surface area contributed by atoms with E-state index in [9.17, 15) is 39.5 Å². The number of rotatable bonds is 6. The first-order valence-corrected chi connectivity index (χ1v) is 18.8. The van der Waals surface area contributed by atoms with Crippen LogP contribution in [-0.4, -0.2) is 14.5 Å². The van der Waals surface area contributed by atoms with Crippen LogP contribution in [0.5, 0.6) is 0 Å². The maximum absolute atomic E-state index is 14.4. The summed E-state index contributed by atoms with van der Waals surface area (Å²) in [7, 11) is 0. The van der Waals surface area contributed by atoms with Gasteiger partial charge in [-0.15, -0.1) is 0 Å². The Bertz CT molecular complexity index is 2960. The highest BCUT2D eigenvalue weighted by Crippen LogP contribution is 2.46. The van der Waals surface area contributed by atoms with Crippen molar-refractivity contribution in [2.45, 2.75) is 18.5 Å². The average molecular weight is 830 g/mol. The molecule has 302 valence electrons. The zero-order valence-electron chi connectivity index (χ0n) is 31.4. The van der Waals surface area contributed by atoms with E-state index in [-0.39, 0.29) is 38.8 Å². The third-order valence-electron chi connectivity index (χ3n) is 10.5. The van der Waals surface area contributed by atoms with Crippen LogP contribution in [0.1, 0.15) is 16.7 Å². The van der Waals surface area contributed by atoms with Crippen molar-refractivity contribution < 1.29 is 39.5 Å². The second-order valence-electron chi connectivity index (χ2n) is 14.4. The molecule has 2 aromatic heterocycles. The van der Waals surface area contributed by atoms with E-state index in [0.717, 1.165) is 42.0 Å². The smallest absolute Gasteiger partial charge is 0.308 e. The molecular formula is C49H28F9N3. The van der Waals surface area contributed by atoms with Crippen molar-refractivity contribution in [3.63, 3.8) is 0 Å². The number of aromatic nitrogens is 3. The van der Waals surface area contributed by atoms with E-state index in [1.54, 1.807) is 47.0 Å². The Kier molecular flexibility index (Phi) is 9.53. The topological polar surface area (TPSA) is 30.7 Å². The molecule has 0 radical (unpaired) electrons. The van der Waals surface area contributed by atoms with Crippen LogP contribution in [0.3, 0.4) is 0 Å². The molecule has 0 fully saturated rings. The summed E-state index contributed by atoms with van der Waals surface area (Å²) in [6.07, 6.45) is -14.3. The van der Waals surface area contributed by atoms with Crippen molar-refractivity contribution in [3.8, 4) is 61.8 Å². The minimum atomic E-state index is -4.78. The number of nitrogens with zero attached hydrogens (tertiary/aromatic N) is 3. The van der Waals surface area contributed by atoms with Crippen LogP contribution in [0.25, 0.3) is 83.6 Å². The number of halogens is 9. The molecule has 0 aliphatic carbocycles. The summed E-state index contributed by atoms with van der Waals surface area (Å²) in [5.74, 6) is 0.310. The van der Waals surface area contributed by atoms with Crippen molar-refractivity contribution >= 4 is 21.8 Å². The summed E-state index contributed by atoms with van der Waals surface area (Å²) in [6.45, 7) is 0. The van der Waals surface area contributed by atoms with E-state index in [0.29, 0.717) is 39.2 Å². The van der Waals surface area contributed by atoms with Crippen LogP contribution in [0, 0.1) is 0 Å². The first-order valence-electron chi connectivity index (χ1n) is 18.8. The lowest BCUT2D eigenvalue weighted by Gasteiger charge is -2.22. The SMILES string of the molecule is FC(F)(F)c1cccc(-c2cc(-c3cc(-c4ccccc4)nc(-c4ccccc4)n3)cc(-c3cccc(C(F)(F)F)c3)c2-n2c3ccccc3c3cc(C(F)(F)F)ccc32)c1. The summed E-state index contributed by atoms with van der Waals surface area (Å²) < 4.78 is 131. The molecule has 0 aliphatic heterocycles. The Labute approximate surface area is 342 Å². The van der Waals surface area contributed by atoms with Crippen molar-refractivity contribution in [2.75, 3.05) is 0 Å². The maximum atomic E-state index is 14.4. The first-order chi connectivity index (χ1) is 29.1. The van der Waals surface area contributed by atoms with Gasteiger partial charge in [-0.1, -0.05) is 103 Å². The van der Waals surface area contributed by atoms with Gasteiger partial charge in [-0.2, -0.15) is 39.5 Å². The van der Waals surface area contributed by atoms with Gasteiger partial charge in [-0.05, 0) is 77.9 Å². The summed E-state index contributed by atoms with van der Waals surface area (Å²) in [4.78, 5) is 9.77. The van der Waals surface area contributed by atoms with Crippen molar-refractivity contribution in [1.29, 1.82) is 0 Å². The van der Waals surface area contributed by atoms with E-state index in [1.807, 2.05) is 60.7 Å². The molecule has 2 heterocycles. The fourth-order valence-electron chi connectivity index (χ4n) is 7.65. The lowest BCUT2D eigenvalue weighted by molar-refractivity contribution is -0.138. The molecule has 9 rings (SSSR count). The molecule has 0 atom stereocenters. The Morgan fingerprint density at radius 1 is 0.344 bits per heavy atom. The molecule has 0 N–H and O–H groups in total. The lowest BCUT2D eigenvalue weighted by atomic mass is 9.90. The molecule has 3 nitrogen and oxygen atoms in total. The third-order valence-corrected chi connectivity index (χ3v) is 10.5. The van der Waals surface area contributed by atoms with Crippen LogP contribution >= 0.6 is 0 Å². The van der Waals surface area contributed by atoms with Gasteiger partial charge in [0.15, 0.2) is 5.82 Å². The van der Waals surface area contributed by atoms with Gasteiger partial charge in [0, 0.05) is 38.6 Å². The molecule has 9 aromatic rings. The minimum absolute atomic E-state index is 0.0402. The highest BCUT2D eigenvalue weighted by atomic mass is 19.4. The number of para-hydroxylation sites is 1. The average Bonchev–Trinajstić information content (AvgIpc) is 3.59. The van der Waals surface area contributed by atoms with Gasteiger partial charge in [-0.3, -0.25) is 0 Å². The first kappa shape index (κ1) is 39.3. The monoisotopic (exact) mass is 829 g/mol. The van der Waals surface area contributed by atoms with E-state index in [4.69, 9.17) is 9.97 Å². The Morgan fingerprint density at radius 2 is 0.803 bits per heavy atom. The van der Waals surface area contributed by atoms with E-state index in [1.165, 1.54) is 30.3 Å². The van der Waals surface area contributed by atoms with E-state index < -0.39 is 35.2 Å². The second kappa shape index (κ2) is 14.8. The molecule has 61 heavy (non-hydrogen) atoms. The molecular weight excluding hydrogens is 802 g/mol. The largest absolute Gasteiger partial charge is 0.416 e. The Balaban J connectivity index is 1.45. The Morgan fingerprint density at radius 3 is 1.36 bits per heavy atom. The molecule has 0 bridgehead atoms. The molecule has 7 aromatic carbocycles. The number of hydrogen-bond acceptors (Lipinski definition) is 2. The van der Waals surface area contributed by atoms with E-state index in [2.05, 4.69) is 0 Å². The standard InChI is InChI=1S/C49H28F9N3/c50-47(51,52)34-17-9-15-31(23-34)38-25-33(42-28-41(29-11-3-1-4-12-29)59-46(60-42)30-13-5-2-6-14-30)26-39(32-16-10-18-35(24-32)48(53,54)55)45(38)61-43-20-8-7-19-37(43)40-27-36(49(56,57)58)21-22-44(40)61/h1-28H. The van der Waals surface area contributed by atoms with Crippen LogP contribution in [0.15, 0.2) is 170 Å². The van der Waals surface area contributed by atoms with Gasteiger partial charge in [-0.25, -0.2) is 9.97 Å². The summed E-state index contributed by atoms with van der Waals surface area (Å²) in [5.41, 5.74) is 0.687. The number of hydrogen-bond donors (Lipinski definition) is 0. The predicted molar refractivity (Wildman–Crippen MR) is 219 cm³/mol. The molecule has 0 saturated heterocycles. The van der Waals surface area contributed by atoms with Gasteiger partial charge in [0.25, 0.3) is 0 Å². The summed E-state index contributed by atoms with van der Waals surface area (Å²) in [5, 5.41) is 0.559. The number of benzene rings is 7. The van der Waals surface area contributed by atoms with Gasteiger partial charge in [0.2, 0.25) is 0 Å².